The zero-order valence-corrected chi connectivity index (χ0v) is 18.7. The number of hydrogen-bond donors (Lipinski definition) is 1. The number of hydrogen-bond acceptors (Lipinski definition) is 3. The van der Waals surface area contributed by atoms with Crippen molar-refractivity contribution in [3.05, 3.63) is 64.0 Å². The van der Waals surface area contributed by atoms with E-state index in [2.05, 4.69) is 6.92 Å². The Kier molecular flexibility index (Phi) is 9.70. The highest BCUT2D eigenvalue weighted by atomic mass is 19.1. The molecule has 0 aliphatic rings. The first-order valence-electron chi connectivity index (χ1n) is 11.2. The zero-order valence-electron chi connectivity index (χ0n) is 18.7. The van der Waals surface area contributed by atoms with Crippen molar-refractivity contribution in [3.63, 3.8) is 0 Å². The van der Waals surface area contributed by atoms with Gasteiger partial charge in [0.25, 0.3) is 0 Å². The molecule has 2 aromatic rings. The number of carboxylic acid groups (broad SMARTS) is 1. The predicted molar refractivity (Wildman–Crippen MR) is 120 cm³/mol. The zero-order chi connectivity index (χ0) is 22.8. The number of ether oxygens (including phenoxy) is 1. The van der Waals surface area contributed by atoms with Crippen LogP contribution >= 0.6 is 0 Å². The second kappa shape index (κ2) is 12.2. The van der Waals surface area contributed by atoms with Gasteiger partial charge in [-0.15, -0.1) is 0 Å². The van der Waals surface area contributed by atoms with Crippen molar-refractivity contribution in [2.24, 2.45) is 0 Å². The van der Waals surface area contributed by atoms with Crippen molar-refractivity contribution in [3.8, 4) is 5.75 Å². The van der Waals surface area contributed by atoms with E-state index in [-0.39, 0.29) is 12.2 Å². The number of carbonyl (C=O) groups excluding carboxylic acids is 1. The number of aldehydes is 1. The number of benzene rings is 2. The molecule has 2 aromatic carbocycles. The van der Waals surface area contributed by atoms with Gasteiger partial charge in [0.15, 0.2) is 0 Å². The van der Waals surface area contributed by atoms with Crippen LogP contribution in [0.2, 0.25) is 0 Å². The maximum atomic E-state index is 15.3. The fourth-order valence-corrected chi connectivity index (χ4v) is 3.82. The molecule has 0 aliphatic heterocycles. The van der Waals surface area contributed by atoms with E-state index in [0.717, 1.165) is 36.7 Å². The molecular formula is C26H33FO4. The van der Waals surface area contributed by atoms with Crippen molar-refractivity contribution in [2.75, 3.05) is 0 Å². The van der Waals surface area contributed by atoms with E-state index in [0.29, 0.717) is 48.1 Å². The monoisotopic (exact) mass is 428 g/mol. The highest BCUT2D eigenvalue weighted by Gasteiger charge is 2.27. The van der Waals surface area contributed by atoms with Crippen LogP contribution in [0.4, 0.5) is 4.39 Å². The Balaban J connectivity index is 2.52. The molecule has 0 aromatic heterocycles. The maximum Gasteiger partial charge on any atom is 0.349 e. The Hall–Kier alpha value is -2.69. The molecule has 0 spiro atoms. The molecule has 0 saturated carbocycles. The van der Waals surface area contributed by atoms with E-state index in [9.17, 15) is 14.7 Å². The minimum atomic E-state index is -1.22. The van der Waals surface area contributed by atoms with E-state index in [4.69, 9.17) is 4.74 Å². The van der Waals surface area contributed by atoms with Crippen molar-refractivity contribution >= 4 is 12.3 Å². The van der Waals surface area contributed by atoms with Crippen LogP contribution < -0.4 is 4.74 Å². The summed E-state index contributed by atoms with van der Waals surface area (Å²) in [5.41, 5.74) is 3.36. The van der Waals surface area contributed by atoms with E-state index in [1.54, 1.807) is 18.2 Å². The molecule has 4 nitrogen and oxygen atoms in total. The van der Waals surface area contributed by atoms with Crippen LogP contribution in [0.5, 0.6) is 5.75 Å². The summed E-state index contributed by atoms with van der Waals surface area (Å²) in [6, 6.07) is 9.12. The molecule has 0 aliphatic carbocycles. The Morgan fingerprint density at radius 1 is 1.00 bits per heavy atom. The van der Waals surface area contributed by atoms with Gasteiger partial charge in [-0.1, -0.05) is 64.3 Å². The van der Waals surface area contributed by atoms with Crippen LogP contribution in [0.15, 0.2) is 30.3 Å². The standard InChI is InChI=1S/C26H33FO4/c1-4-8-18-12-14-19(15-13-18)25(26(29)30)31-24-21(9-5-2)17-20(11-7-16-28)23(27)22(24)10-6-3/h12-17,25H,4-11H2,1-3H3,(H,29,30). The topological polar surface area (TPSA) is 63.6 Å². The van der Waals surface area contributed by atoms with Gasteiger partial charge in [0.05, 0.1) is 0 Å². The molecule has 0 heterocycles. The molecule has 31 heavy (non-hydrogen) atoms. The third-order valence-electron chi connectivity index (χ3n) is 5.29. The molecule has 1 N–H and O–H groups in total. The third kappa shape index (κ3) is 6.39. The molecule has 168 valence electrons. The summed E-state index contributed by atoms with van der Waals surface area (Å²) in [5, 5.41) is 9.88. The highest BCUT2D eigenvalue weighted by molar-refractivity contribution is 5.75. The lowest BCUT2D eigenvalue weighted by atomic mass is 9.95. The van der Waals surface area contributed by atoms with Gasteiger partial charge < -0.3 is 14.6 Å². The van der Waals surface area contributed by atoms with Crippen LogP contribution in [0, 0.1) is 5.82 Å². The van der Waals surface area contributed by atoms with Gasteiger partial charge in [-0.3, -0.25) is 0 Å². The molecule has 0 fully saturated rings. The van der Waals surface area contributed by atoms with Crippen LogP contribution in [0.3, 0.4) is 0 Å². The lowest BCUT2D eigenvalue weighted by molar-refractivity contribution is -0.145. The second-order valence-corrected chi connectivity index (χ2v) is 7.85. The highest BCUT2D eigenvalue weighted by Crippen LogP contribution is 2.35. The van der Waals surface area contributed by atoms with E-state index in [1.165, 1.54) is 0 Å². The average molecular weight is 429 g/mol. The van der Waals surface area contributed by atoms with Gasteiger partial charge >= 0.3 is 5.97 Å². The van der Waals surface area contributed by atoms with Gasteiger partial charge in [0, 0.05) is 17.5 Å². The van der Waals surface area contributed by atoms with Crippen LogP contribution in [0.1, 0.15) is 80.4 Å². The number of carbonyl (C=O) groups is 2. The second-order valence-electron chi connectivity index (χ2n) is 7.85. The quantitative estimate of drug-likeness (QED) is 0.396. The molecule has 0 bridgehead atoms. The Morgan fingerprint density at radius 2 is 1.65 bits per heavy atom. The molecule has 0 radical (unpaired) electrons. The smallest absolute Gasteiger partial charge is 0.349 e. The maximum absolute atomic E-state index is 15.3. The summed E-state index contributed by atoms with van der Waals surface area (Å²) < 4.78 is 21.4. The Morgan fingerprint density at radius 3 is 2.19 bits per heavy atom. The largest absolute Gasteiger partial charge is 0.478 e. The first-order valence-corrected chi connectivity index (χ1v) is 11.2. The SMILES string of the molecule is CCCc1ccc(C(Oc2c(CCC)cc(CCC=O)c(F)c2CCC)C(=O)O)cc1. The summed E-state index contributed by atoms with van der Waals surface area (Å²) in [6.07, 6.45) is 4.65. The number of carboxylic acids is 1. The van der Waals surface area contributed by atoms with E-state index >= 15 is 4.39 Å². The number of aliphatic carboxylic acids is 1. The number of rotatable bonds is 13. The molecular weight excluding hydrogens is 395 g/mol. The van der Waals surface area contributed by atoms with Crippen molar-refractivity contribution in [2.45, 2.75) is 78.2 Å². The van der Waals surface area contributed by atoms with Crippen molar-refractivity contribution in [1.29, 1.82) is 0 Å². The molecule has 1 unspecified atom stereocenters. The Bertz CT molecular complexity index is 874. The fourth-order valence-electron chi connectivity index (χ4n) is 3.82. The first-order chi connectivity index (χ1) is 15.0. The average Bonchev–Trinajstić information content (AvgIpc) is 2.75. The summed E-state index contributed by atoms with van der Waals surface area (Å²) in [7, 11) is 0. The molecule has 0 amide bonds. The van der Waals surface area contributed by atoms with Crippen LogP contribution in [-0.2, 0) is 35.3 Å². The molecule has 1 atom stereocenters. The number of aryl methyl sites for hydroxylation is 3. The lowest BCUT2D eigenvalue weighted by Gasteiger charge is -2.23. The van der Waals surface area contributed by atoms with Crippen LogP contribution in [0.25, 0.3) is 0 Å². The van der Waals surface area contributed by atoms with E-state index < -0.39 is 12.1 Å². The third-order valence-corrected chi connectivity index (χ3v) is 5.29. The predicted octanol–water partition coefficient (Wildman–Crippen LogP) is 6.02. The summed E-state index contributed by atoms with van der Waals surface area (Å²) >= 11 is 0. The Labute approximate surface area is 184 Å². The van der Waals surface area contributed by atoms with Crippen molar-refractivity contribution < 1.29 is 23.8 Å². The summed E-state index contributed by atoms with van der Waals surface area (Å²) in [5.74, 6) is -1.17. The van der Waals surface area contributed by atoms with Gasteiger partial charge in [0.1, 0.15) is 17.9 Å². The van der Waals surface area contributed by atoms with Crippen molar-refractivity contribution in [1.82, 2.24) is 0 Å². The fraction of sp³-hybridized carbons (Fsp3) is 0.462. The first kappa shape index (κ1) is 24.6. The van der Waals surface area contributed by atoms with Gasteiger partial charge in [-0.2, -0.15) is 0 Å². The number of halogens is 1. The van der Waals surface area contributed by atoms with Gasteiger partial charge in [-0.05, 0) is 48.4 Å². The van der Waals surface area contributed by atoms with Gasteiger partial charge in [-0.25, -0.2) is 9.18 Å². The minimum absolute atomic E-state index is 0.246. The summed E-state index contributed by atoms with van der Waals surface area (Å²) in [4.78, 5) is 22.9. The van der Waals surface area contributed by atoms with Gasteiger partial charge in [0.2, 0.25) is 6.10 Å². The normalized spacial score (nSPS) is 11.9. The van der Waals surface area contributed by atoms with Crippen LogP contribution in [-0.4, -0.2) is 17.4 Å². The molecule has 0 saturated heterocycles. The minimum Gasteiger partial charge on any atom is -0.478 e. The van der Waals surface area contributed by atoms with E-state index in [1.807, 2.05) is 26.0 Å². The molecule has 5 heteroatoms. The molecule has 2 rings (SSSR count). The summed E-state index contributed by atoms with van der Waals surface area (Å²) in [6.45, 7) is 6.05. The lowest BCUT2D eigenvalue weighted by Crippen LogP contribution is -2.20.